The fourth-order valence-corrected chi connectivity index (χ4v) is 3.40. The second-order valence-corrected chi connectivity index (χ2v) is 6.48. The molecule has 1 amide bonds. The van der Waals surface area contributed by atoms with E-state index in [1.54, 1.807) is 21.3 Å². The highest BCUT2D eigenvalue weighted by atomic mass is 16.5. The molecule has 0 unspecified atom stereocenters. The molecule has 0 bridgehead atoms. The molecular weight excluding hydrogens is 344 g/mol. The Kier molecular flexibility index (Phi) is 5.74. The van der Waals surface area contributed by atoms with E-state index >= 15 is 0 Å². The van der Waals surface area contributed by atoms with Crippen LogP contribution in [-0.4, -0.2) is 58.3 Å². The van der Waals surface area contributed by atoms with Gasteiger partial charge in [0.15, 0.2) is 11.5 Å². The number of nitrogens with zero attached hydrogens (tertiary/aromatic N) is 2. The number of ether oxygens (including phenoxy) is 3. The highest BCUT2D eigenvalue weighted by Gasteiger charge is 2.24. The molecule has 2 aromatic carbocycles. The van der Waals surface area contributed by atoms with Gasteiger partial charge < -0.3 is 24.0 Å². The molecule has 1 aliphatic heterocycles. The van der Waals surface area contributed by atoms with Crippen LogP contribution in [0.5, 0.6) is 17.2 Å². The second-order valence-electron chi connectivity index (χ2n) is 6.48. The standard InChI is InChI=1S/C21H26N2O4/c1-15-7-5-6-8-17(15)21(24)23-11-9-22(10-12-23)16-13-18(25-2)20(27-4)19(14-16)26-3/h5-8,13-14H,9-12H2,1-4H3. The Hall–Kier alpha value is -2.89. The van der Waals surface area contributed by atoms with Gasteiger partial charge in [0.2, 0.25) is 5.75 Å². The Balaban J connectivity index is 1.74. The van der Waals surface area contributed by atoms with Crippen LogP contribution in [0.2, 0.25) is 0 Å². The Morgan fingerprint density at radius 3 is 2.00 bits per heavy atom. The van der Waals surface area contributed by atoms with Crippen molar-refractivity contribution in [3.8, 4) is 17.2 Å². The van der Waals surface area contributed by atoms with Crippen LogP contribution in [0.15, 0.2) is 36.4 Å². The Morgan fingerprint density at radius 1 is 0.889 bits per heavy atom. The van der Waals surface area contributed by atoms with E-state index in [1.807, 2.05) is 48.2 Å². The lowest BCUT2D eigenvalue weighted by Gasteiger charge is -2.36. The fourth-order valence-electron chi connectivity index (χ4n) is 3.40. The first-order valence-corrected chi connectivity index (χ1v) is 8.99. The second kappa shape index (κ2) is 8.20. The Morgan fingerprint density at radius 2 is 1.48 bits per heavy atom. The van der Waals surface area contributed by atoms with Gasteiger partial charge in [-0.2, -0.15) is 0 Å². The summed E-state index contributed by atoms with van der Waals surface area (Å²) in [5.74, 6) is 1.94. The quantitative estimate of drug-likeness (QED) is 0.810. The SMILES string of the molecule is COc1cc(N2CCN(C(=O)c3ccccc3C)CC2)cc(OC)c1OC. The van der Waals surface area contributed by atoms with E-state index in [4.69, 9.17) is 14.2 Å². The average molecular weight is 370 g/mol. The zero-order valence-corrected chi connectivity index (χ0v) is 16.3. The maximum Gasteiger partial charge on any atom is 0.254 e. The monoisotopic (exact) mass is 370 g/mol. The van der Waals surface area contributed by atoms with E-state index in [0.29, 0.717) is 30.3 Å². The Labute approximate surface area is 160 Å². The van der Waals surface area contributed by atoms with Crippen LogP contribution in [0, 0.1) is 6.92 Å². The summed E-state index contributed by atoms with van der Waals surface area (Å²) in [4.78, 5) is 16.9. The lowest BCUT2D eigenvalue weighted by molar-refractivity contribution is 0.0746. The predicted octanol–water partition coefficient (Wildman–Crippen LogP) is 2.98. The molecule has 1 saturated heterocycles. The van der Waals surface area contributed by atoms with Gasteiger partial charge in [0.25, 0.3) is 5.91 Å². The third kappa shape index (κ3) is 3.79. The van der Waals surface area contributed by atoms with E-state index in [2.05, 4.69) is 4.90 Å². The number of anilines is 1. The van der Waals surface area contributed by atoms with E-state index in [1.165, 1.54) is 0 Å². The van der Waals surface area contributed by atoms with Gasteiger partial charge in [-0.05, 0) is 18.6 Å². The molecule has 0 radical (unpaired) electrons. The lowest BCUT2D eigenvalue weighted by atomic mass is 10.1. The molecule has 27 heavy (non-hydrogen) atoms. The van der Waals surface area contributed by atoms with E-state index < -0.39 is 0 Å². The minimum Gasteiger partial charge on any atom is -0.493 e. The molecular formula is C21H26N2O4. The zero-order chi connectivity index (χ0) is 19.4. The largest absolute Gasteiger partial charge is 0.493 e. The number of carbonyl (C=O) groups excluding carboxylic acids is 1. The maximum absolute atomic E-state index is 12.8. The summed E-state index contributed by atoms with van der Waals surface area (Å²) in [5.41, 5.74) is 2.78. The first-order valence-electron chi connectivity index (χ1n) is 8.99. The summed E-state index contributed by atoms with van der Waals surface area (Å²) in [6.45, 7) is 4.81. The van der Waals surface area contributed by atoms with Crippen molar-refractivity contribution >= 4 is 11.6 Å². The molecule has 6 nitrogen and oxygen atoms in total. The number of hydrogen-bond acceptors (Lipinski definition) is 5. The molecule has 6 heteroatoms. The molecule has 0 N–H and O–H groups in total. The van der Waals surface area contributed by atoms with Crippen molar-refractivity contribution in [1.82, 2.24) is 4.90 Å². The number of rotatable bonds is 5. The fraction of sp³-hybridized carbons (Fsp3) is 0.381. The molecule has 3 rings (SSSR count). The highest BCUT2D eigenvalue weighted by molar-refractivity contribution is 5.95. The van der Waals surface area contributed by atoms with Gasteiger partial charge in [0.1, 0.15) is 0 Å². The van der Waals surface area contributed by atoms with Crippen LogP contribution in [0.4, 0.5) is 5.69 Å². The summed E-state index contributed by atoms with van der Waals surface area (Å²) in [7, 11) is 4.82. The van der Waals surface area contributed by atoms with Gasteiger partial charge in [-0.25, -0.2) is 0 Å². The topological polar surface area (TPSA) is 51.2 Å². The molecule has 0 atom stereocenters. The summed E-state index contributed by atoms with van der Waals surface area (Å²) in [6, 6.07) is 11.6. The summed E-state index contributed by atoms with van der Waals surface area (Å²) < 4.78 is 16.3. The average Bonchev–Trinajstić information content (AvgIpc) is 2.72. The van der Waals surface area contributed by atoms with Crippen LogP contribution in [0.1, 0.15) is 15.9 Å². The molecule has 0 aromatic heterocycles. The van der Waals surface area contributed by atoms with Crippen molar-refractivity contribution in [3.05, 3.63) is 47.5 Å². The number of hydrogen-bond donors (Lipinski definition) is 0. The van der Waals surface area contributed by atoms with Crippen molar-refractivity contribution < 1.29 is 19.0 Å². The lowest BCUT2D eigenvalue weighted by Crippen LogP contribution is -2.49. The number of benzene rings is 2. The number of carbonyl (C=O) groups is 1. The molecule has 2 aromatic rings. The molecule has 0 spiro atoms. The molecule has 144 valence electrons. The van der Waals surface area contributed by atoms with Crippen molar-refractivity contribution in [2.24, 2.45) is 0 Å². The Bertz CT molecular complexity index is 789. The third-order valence-corrected chi connectivity index (χ3v) is 4.96. The van der Waals surface area contributed by atoms with E-state index in [-0.39, 0.29) is 5.91 Å². The van der Waals surface area contributed by atoms with Crippen molar-refractivity contribution in [2.75, 3.05) is 52.4 Å². The molecule has 0 aliphatic carbocycles. The van der Waals surface area contributed by atoms with Crippen LogP contribution in [-0.2, 0) is 0 Å². The summed E-state index contributed by atoms with van der Waals surface area (Å²) >= 11 is 0. The number of piperazine rings is 1. The minimum atomic E-state index is 0.0950. The highest BCUT2D eigenvalue weighted by Crippen LogP contribution is 2.41. The van der Waals surface area contributed by atoms with Crippen molar-refractivity contribution in [2.45, 2.75) is 6.92 Å². The number of methoxy groups -OCH3 is 3. The van der Waals surface area contributed by atoms with Gasteiger partial charge >= 0.3 is 0 Å². The normalized spacial score (nSPS) is 14.1. The van der Waals surface area contributed by atoms with Crippen molar-refractivity contribution in [1.29, 1.82) is 0 Å². The number of amides is 1. The van der Waals surface area contributed by atoms with Gasteiger partial charge in [-0.15, -0.1) is 0 Å². The van der Waals surface area contributed by atoms with Crippen LogP contribution in [0.3, 0.4) is 0 Å². The third-order valence-electron chi connectivity index (χ3n) is 4.96. The van der Waals surface area contributed by atoms with E-state index in [0.717, 1.165) is 29.9 Å². The van der Waals surface area contributed by atoms with Crippen molar-refractivity contribution in [3.63, 3.8) is 0 Å². The zero-order valence-electron chi connectivity index (χ0n) is 16.3. The molecule has 1 heterocycles. The van der Waals surface area contributed by atoms with E-state index in [9.17, 15) is 4.79 Å². The van der Waals surface area contributed by atoms with Gasteiger partial charge in [0, 0.05) is 49.6 Å². The molecule has 1 aliphatic rings. The first-order chi connectivity index (χ1) is 13.1. The van der Waals surface area contributed by atoms with Crippen LogP contribution in [0.25, 0.3) is 0 Å². The molecule has 1 fully saturated rings. The van der Waals surface area contributed by atoms with Gasteiger partial charge in [-0.3, -0.25) is 4.79 Å². The van der Waals surface area contributed by atoms with Crippen LogP contribution < -0.4 is 19.1 Å². The maximum atomic E-state index is 12.8. The van der Waals surface area contributed by atoms with Crippen LogP contribution >= 0.6 is 0 Å². The molecule has 0 saturated carbocycles. The summed E-state index contributed by atoms with van der Waals surface area (Å²) in [6.07, 6.45) is 0. The number of aryl methyl sites for hydroxylation is 1. The predicted molar refractivity (Wildman–Crippen MR) is 105 cm³/mol. The first kappa shape index (κ1) is 18.9. The summed E-state index contributed by atoms with van der Waals surface area (Å²) in [5, 5.41) is 0. The van der Waals surface area contributed by atoms with Gasteiger partial charge in [-0.1, -0.05) is 18.2 Å². The minimum absolute atomic E-state index is 0.0950. The van der Waals surface area contributed by atoms with Gasteiger partial charge in [0.05, 0.1) is 21.3 Å². The smallest absolute Gasteiger partial charge is 0.254 e.